The van der Waals surface area contributed by atoms with Crippen molar-refractivity contribution in [1.82, 2.24) is 0 Å². The Balaban J connectivity index is 2.83. The molecule has 1 aromatic carbocycles. The van der Waals surface area contributed by atoms with Crippen molar-refractivity contribution in [1.29, 1.82) is 0 Å². The smallest absolute Gasteiger partial charge is 0.0877 e. The van der Waals surface area contributed by atoms with Gasteiger partial charge in [-0.3, -0.25) is 0 Å². The van der Waals surface area contributed by atoms with Crippen LogP contribution in [0.3, 0.4) is 0 Å². The second-order valence-electron chi connectivity index (χ2n) is 3.49. The van der Waals surface area contributed by atoms with Crippen molar-refractivity contribution in [3.63, 3.8) is 0 Å². The van der Waals surface area contributed by atoms with E-state index in [0.29, 0.717) is 0 Å². The highest BCUT2D eigenvalue weighted by molar-refractivity contribution is 5.20. The third kappa shape index (κ3) is 2.44. The summed E-state index contributed by atoms with van der Waals surface area (Å²) in [5.41, 5.74) is 1.61. The topological polar surface area (TPSA) is 40.5 Å². The van der Waals surface area contributed by atoms with Gasteiger partial charge in [-0.2, -0.15) is 0 Å². The Morgan fingerprint density at radius 2 is 1.93 bits per heavy atom. The van der Waals surface area contributed by atoms with Gasteiger partial charge >= 0.3 is 0 Å². The molecule has 0 bridgehead atoms. The molecule has 0 aromatic heterocycles. The highest BCUT2D eigenvalue weighted by Crippen LogP contribution is 2.26. The van der Waals surface area contributed by atoms with E-state index in [4.69, 9.17) is 5.11 Å². The first kappa shape index (κ1) is 11.0. The summed E-state index contributed by atoms with van der Waals surface area (Å²) in [6.07, 6.45) is -0.668. The Bertz CT molecular complexity index is 292. The third-order valence-electron chi connectivity index (χ3n) is 2.35. The largest absolute Gasteiger partial charge is 0.396 e. The summed E-state index contributed by atoms with van der Waals surface area (Å²) >= 11 is 0. The standard InChI is InChI=1S/C12H16O2/c1-9(2)11(8-13)12(14)10-6-4-3-5-7-10/h3-7,11-14H,1,8H2,2H3. The van der Waals surface area contributed by atoms with E-state index in [1.54, 1.807) is 0 Å². The molecule has 0 radical (unpaired) electrons. The molecule has 0 saturated carbocycles. The number of benzene rings is 1. The molecule has 0 heterocycles. The molecule has 0 aliphatic rings. The van der Waals surface area contributed by atoms with Gasteiger partial charge in [0.25, 0.3) is 0 Å². The fourth-order valence-electron chi connectivity index (χ4n) is 1.41. The summed E-state index contributed by atoms with van der Waals surface area (Å²) in [6.45, 7) is 5.49. The van der Waals surface area contributed by atoms with Crippen molar-refractivity contribution in [2.24, 2.45) is 5.92 Å². The van der Waals surface area contributed by atoms with E-state index in [1.165, 1.54) is 0 Å². The number of hydrogen-bond acceptors (Lipinski definition) is 2. The number of hydrogen-bond donors (Lipinski definition) is 2. The minimum Gasteiger partial charge on any atom is -0.396 e. The predicted molar refractivity (Wildman–Crippen MR) is 56.8 cm³/mol. The maximum absolute atomic E-state index is 9.93. The summed E-state index contributed by atoms with van der Waals surface area (Å²) in [5.74, 6) is -0.280. The lowest BCUT2D eigenvalue weighted by Gasteiger charge is -2.21. The highest BCUT2D eigenvalue weighted by Gasteiger charge is 2.20. The van der Waals surface area contributed by atoms with Crippen LogP contribution in [0.1, 0.15) is 18.6 Å². The van der Waals surface area contributed by atoms with E-state index < -0.39 is 6.10 Å². The zero-order chi connectivity index (χ0) is 10.6. The summed E-state index contributed by atoms with van der Waals surface area (Å²) in [6, 6.07) is 9.31. The normalized spacial score (nSPS) is 14.8. The Kier molecular flexibility index (Phi) is 3.86. The molecule has 2 N–H and O–H groups in total. The zero-order valence-electron chi connectivity index (χ0n) is 8.35. The first-order chi connectivity index (χ1) is 6.66. The lowest BCUT2D eigenvalue weighted by atomic mass is 9.91. The van der Waals surface area contributed by atoms with Gasteiger partial charge in [0, 0.05) is 5.92 Å². The maximum Gasteiger partial charge on any atom is 0.0877 e. The van der Waals surface area contributed by atoms with Gasteiger partial charge in [0.2, 0.25) is 0 Å². The second kappa shape index (κ2) is 4.94. The summed E-state index contributed by atoms with van der Waals surface area (Å²) < 4.78 is 0. The van der Waals surface area contributed by atoms with Crippen LogP contribution in [0.2, 0.25) is 0 Å². The predicted octanol–water partition coefficient (Wildman–Crippen LogP) is 1.90. The fourth-order valence-corrected chi connectivity index (χ4v) is 1.41. The third-order valence-corrected chi connectivity index (χ3v) is 2.35. The van der Waals surface area contributed by atoms with Crippen molar-refractivity contribution in [3.05, 3.63) is 48.0 Å². The van der Waals surface area contributed by atoms with Gasteiger partial charge in [0.15, 0.2) is 0 Å². The van der Waals surface area contributed by atoms with E-state index in [0.717, 1.165) is 11.1 Å². The monoisotopic (exact) mass is 192 g/mol. The zero-order valence-corrected chi connectivity index (χ0v) is 8.35. The number of rotatable bonds is 4. The average Bonchev–Trinajstić information content (AvgIpc) is 2.19. The summed E-state index contributed by atoms with van der Waals surface area (Å²) in [5, 5.41) is 19.0. The minimum atomic E-state index is -0.668. The lowest BCUT2D eigenvalue weighted by Crippen LogP contribution is -2.17. The molecule has 1 rings (SSSR count). The number of aliphatic hydroxyl groups is 2. The molecule has 0 saturated heterocycles. The van der Waals surface area contributed by atoms with Gasteiger partial charge in [-0.05, 0) is 12.5 Å². The second-order valence-corrected chi connectivity index (χ2v) is 3.49. The highest BCUT2D eigenvalue weighted by atomic mass is 16.3. The molecular weight excluding hydrogens is 176 g/mol. The van der Waals surface area contributed by atoms with Crippen LogP contribution < -0.4 is 0 Å². The Hall–Kier alpha value is -1.12. The SMILES string of the molecule is C=C(C)C(CO)C(O)c1ccccc1. The van der Waals surface area contributed by atoms with E-state index in [9.17, 15) is 5.11 Å². The molecule has 0 amide bonds. The van der Waals surface area contributed by atoms with E-state index in [1.807, 2.05) is 37.3 Å². The Morgan fingerprint density at radius 1 is 1.36 bits per heavy atom. The first-order valence-corrected chi connectivity index (χ1v) is 4.66. The van der Waals surface area contributed by atoms with Crippen molar-refractivity contribution < 1.29 is 10.2 Å². The van der Waals surface area contributed by atoms with Crippen LogP contribution in [0.15, 0.2) is 42.5 Å². The van der Waals surface area contributed by atoms with Crippen molar-refractivity contribution in [3.8, 4) is 0 Å². The molecule has 14 heavy (non-hydrogen) atoms. The average molecular weight is 192 g/mol. The molecule has 2 unspecified atom stereocenters. The fraction of sp³-hybridized carbons (Fsp3) is 0.333. The van der Waals surface area contributed by atoms with Gasteiger partial charge in [0.1, 0.15) is 0 Å². The van der Waals surface area contributed by atoms with Crippen molar-refractivity contribution in [2.45, 2.75) is 13.0 Å². The van der Waals surface area contributed by atoms with Gasteiger partial charge in [-0.25, -0.2) is 0 Å². The van der Waals surface area contributed by atoms with Crippen LogP contribution in [0.25, 0.3) is 0 Å². The molecular formula is C12H16O2. The van der Waals surface area contributed by atoms with Crippen LogP contribution >= 0.6 is 0 Å². The molecule has 2 atom stereocenters. The maximum atomic E-state index is 9.93. The van der Waals surface area contributed by atoms with Gasteiger partial charge in [-0.1, -0.05) is 42.5 Å². The molecule has 0 spiro atoms. The molecule has 76 valence electrons. The van der Waals surface area contributed by atoms with Gasteiger partial charge < -0.3 is 10.2 Å². The number of aliphatic hydroxyl groups excluding tert-OH is 2. The van der Waals surface area contributed by atoms with E-state index >= 15 is 0 Å². The van der Waals surface area contributed by atoms with Crippen molar-refractivity contribution in [2.75, 3.05) is 6.61 Å². The van der Waals surface area contributed by atoms with Gasteiger partial charge in [-0.15, -0.1) is 0 Å². The molecule has 1 aromatic rings. The minimum absolute atomic E-state index is 0.0780. The van der Waals surface area contributed by atoms with Crippen molar-refractivity contribution >= 4 is 0 Å². The molecule has 0 aliphatic carbocycles. The van der Waals surface area contributed by atoms with Crippen LogP contribution in [0.5, 0.6) is 0 Å². The van der Waals surface area contributed by atoms with E-state index in [2.05, 4.69) is 6.58 Å². The molecule has 2 heteroatoms. The summed E-state index contributed by atoms with van der Waals surface area (Å²) in [7, 11) is 0. The van der Waals surface area contributed by atoms with Crippen LogP contribution in [-0.4, -0.2) is 16.8 Å². The quantitative estimate of drug-likeness (QED) is 0.715. The van der Waals surface area contributed by atoms with Gasteiger partial charge in [0.05, 0.1) is 12.7 Å². The lowest BCUT2D eigenvalue weighted by molar-refractivity contribution is 0.0863. The van der Waals surface area contributed by atoms with Crippen LogP contribution in [0, 0.1) is 5.92 Å². The van der Waals surface area contributed by atoms with Crippen LogP contribution in [0.4, 0.5) is 0 Å². The van der Waals surface area contributed by atoms with E-state index in [-0.39, 0.29) is 12.5 Å². The first-order valence-electron chi connectivity index (χ1n) is 4.66. The summed E-state index contributed by atoms with van der Waals surface area (Å²) in [4.78, 5) is 0. The van der Waals surface area contributed by atoms with Crippen LogP contribution in [-0.2, 0) is 0 Å². The Morgan fingerprint density at radius 3 is 2.36 bits per heavy atom. The molecule has 0 fully saturated rings. The molecule has 0 aliphatic heterocycles. The molecule has 2 nitrogen and oxygen atoms in total. The Labute approximate surface area is 84.5 Å².